The van der Waals surface area contributed by atoms with Gasteiger partial charge in [0.1, 0.15) is 16.9 Å². The number of aromatic nitrogens is 2. The Bertz CT molecular complexity index is 1210. The van der Waals surface area contributed by atoms with Crippen LogP contribution in [0.4, 0.5) is 5.82 Å². The summed E-state index contributed by atoms with van der Waals surface area (Å²) in [6.45, 7) is 6.43. The SMILES string of the molecule is COc1ccc(-c2csc3ncnc(NNC(=O)c4ccc(C(C)(C)C)cc4)c23)cc1. The van der Waals surface area contributed by atoms with Crippen LogP contribution in [0.25, 0.3) is 21.3 Å². The normalized spacial score (nSPS) is 11.4. The lowest BCUT2D eigenvalue weighted by Crippen LogP contribution is -2.30. The number of hydrazine groups is 1. The molecule has 4 aromatic rings. The highest BCUT2D eigenvalue weighted by Crippen LogP contribution is 2.36. The predicted octanol–water partition coefficient (Wildman–Crippen LogP) is 5.42. The molecule has 0 bridgehead atoms. The molecule has 0 radical (unpaired) electrons. The molecule has 2 aromatic heterocycles. The first-order valence-corrected chi connectivity index (χ1v) is 10.8. The van der Waals surface area contributed by atoms with Gasteiger partial charge in [0, 0.05) is 16.5 Å². The molecule has 6 nitrogen and oxygen atoms in total. The van der Waals surface area contributed by atoms with Crippen LogP contribution >= 0.6 is 11.3 Å². The lowest BCUT2D eigenvalue weighted by atomic mass is 9.87. The van der Waals surface area contributed by atoms with E-state index in [0.29, 0.717) is 11.4 Å². The van der Waals surface area contributed by atoms with Crippen LogP contribution in [0.15, 0.2) is 60.2 Å². The molecule has 0 saturated carbocycles. The van der Waals surface area contributed by atoms with Gasteiger partial charge in [-0.15, -0.1) is 11.3 Å². The Kier molecular flexibility index (Phi) is 5.61. The van der Waals surface area contributed by atoms with Gasteiger partial charge in [0.05, 0.1) is 12.5 Å². The van der Waals surface area contributed by atoms with Crippen molar-refractivity contribution in [2.75, 3.05) is 12.5 Å². The summed E-state index contributed by atoms with van der Waals surface area (Å²) in [6.07, 6.45) is 1.49. The van der Waals surface area contributed by atoms with Crippen LogP contribution in [0.5, 0.6) is 5.75 Å². The lowest BCUT2D eigenvalue weighted by Gasteiger charge is -2.19. The Labute approximate surface area is 185 Å². The van der Waals surface area contributed by atoms with E-state index in [0.717, 1.165) is 27.1 Å². The lowest BCUT2D eigenvalue weighted by molar-refractivity contribution is 0.0962. The average molecular weight is 433 g/mol. The van der Waals surface area contributed by atoms with Crippen molar-refractivity contribution in [1.29, 1.82) is 0 Å². The van der Waals surface area contributed by atoms with Crippen LogP contribution in [0.1, 0.15) is 36.7 Å². The fraction of sp³-hybridized carbons (Fsp3) is 0.208. The number of nitrogens with zero attached hydrogens (tertiary/aromatic N) is 2. The minimum atomic E-state index is -0.228. The molecule has 158 valence electrons. The summed E-state index contributed by atoms with van der Waals surface area (Å²) in [5, 5.41) is 2.90. The zero-order chi connectivity index (χ0) is 22.0. The number of rotatable bonds is 5. The van der Waals surface area contributed by atoms with Gasteiger partial charge in [-0.25, -0.2) is 9.97 Å². The van der Waals surface area contributed by atoms with E-state index in [1.54, 1.807) is 7.11 Å². The van der Waals surface area contributed by atoms with Crippen molar-refractivity contribution in [3.8, 4) is 16.9 Å². The largest absolute Gasteiger partial charge is 0.497 e. The van der Waals surface area contributed by atoms with E-state index in [4.69, 9.17) is 4.74 Å². The second-order valence-corrected chi connectivity index (χ2v) is 9.04. The number of hydrogen-bond acceptors (Lipinski definition) is 6. The molecule has 0 spiro atoms. The number of nitrogens with one attached hydrogen (secondary N) is 2. The Hall–Kier alpha value is -3.45. The average Bonchev–Trinajstić information content (AvgIpc) is 3.22. The number of carbonyl (C=O) groups excluding carboxylic acids is 1. The van der Waals surface area contributed by atoms with Crippen LogP contribution in [0.3, 0.4) is 0 Å². The molecule has 0 unspecified atom stereocenters. The van der Waals surface area contributed by atoms with Crippen molar-refractivity contribution in [2.45, 2.75) is 26.2 Å². The highest BCUT2D eigenvalue weighted by Gasteiger charge is 2.16. The smallest absolute Gasteiger partial charge is 0.269 e. The minimum Gasteiger partial charge on any atom is -0.497 e. The minimum absolute atomic E-state index is 0.0383. The third-order valence-electron chi connectivity index (χ3n) is 5.08. The number of carbonyl (C=O) groups is 1. The van der Waals surface area contributed by atoms with Crippen LogP contribution in [0, 0.1) is 0 Å². The van der Waals surface area contributed by atoms with Crippen molar-refractivity contribution >= 4 is 33.3 Å². The number of fused-ring (bicyclic) bond motifs is 1. The van der Waals surface area contributed by atoms with E-state index in [9.17, 15) is 4.79 Å². The van der Waals surface area contributed by atoms with Crippen LogP contribution < -0.4 is 15.6 Å². The fourth-order valence-corrected chi connectivity index (χ4v) is 4.18. The summed E-state index contributed by atoms with van der Waals surface area (Å²) in [6, 6.07) is 15.5. The highest BCUT2D eigenvalue weighted by atomic mass is 32.1. The van der Waals surface area contributed by atoms with Gasteiger partial charge >= 0.3 is 0 Å². The zero-order valence-electron chi connectivity index (χ0n) is 17.9. The van der Waals surface area contributed by atoms with Crippen molar-refractivity contribution in [3.05, 3.63) is 71.4 Å². The zero-order valence-corrected chi connectivity index (χ0v) is 18.7. The number of methoxy groups -OCH3 is 1. The molecular weight excluding hydrogens is 408 g/mol. The Morgan fingerprint density at radius 1 is 1.00 bits per heavy atom. The van der Waals surface area contributed by atoms with Gasteiger partial charge in [0.25, 0.3) is 5.91 Å². The number of amides is 1. The molecule has 2 N–H and O–H groups in total. The maximum atomic E-state index is 12.7. The molecule has 0 aliphatic carbocycles. The van der Waals surface area contributed by atoms with Gasteiger partial charge < -0.3 is 4.74 Å². The number of hydrogen-bond donors (Lipinski definition) is 2. The fourth-order valence-electron chi connectivity index (χ4n) is 3.26. The maximum absolute atomic E-state index is 12.7. The third-order valence-corrected chi connectivity index (χ3v) is 5.97. The monoisotopic (exact) mass is 432 g/mol. The van der Waals surface area contributed by atoms with E-state index >= 15 is 0 Å². The van der Waals surface area contributed by atoms with Crippen LogP contribution in [-0.2, 0) is 5.41 Å². The van der Waals surface area contributed by atoms with Gasteiger partial charge in [-0.2, -0.15) is 0 Å². The molecule has 0 aliphatic heterocycles. The van der Waals surface area contributed by atoms with E-state index < -0.39 is 0 Å². The standard InChI is InChI=1S/C24H24N4O2S/c1-24(2,3)17-9-5-16(6-10-17)22(29)28-27-21-20-19(13-31-23(20)26-14-25-21)15-7-11-18(30-4)12-8-15/h5-14H,1-4H3,(H,28,29)(H,25,26,27). The maximum Gasteiger partial charge on any atom is 0.269 e. The summed E-state index contributed by atoms with van der Waals surface area (Å²) in [5.41, 5.74) is 9.55. The molecule has 0 atom stereocenters. The third kappa shape index (κ3) is 4.36. The van der Waals surface area contributed by atoms with Crippen molar-refractivity contribution in [2.24, 2.45) is 0 Å². The number of ether oxygens (including phenoxy) is 1. The van der Waals surface area contributed by atoms with Gasteiger partial charge in [-0.1, -0.05) is 45.0 Å². The first-order chi connectivity index (χ1) is 14.9. The van der Waals surface area contributed by atoms with E-state index in [-0.39, 0.29) is 11.3 Å². The van der Waals surface area contributed by atoms with Gasteiger partial charge in [0.2, 0.25) is 0 Å². The summed E-state index contributed by atoms with van der Waals surface area (Å²) >= 11 is 1.53. The molecule has 0 aliphatic rings. The molecule has 2 heterocycles. The summed E-state index contributed by atoms with van der Waals surface area (Å²) in [4.78, 5) is 22.2. The van der Waals surface area contributed by atoms with Gasteiger partial charge in [-0.05, 0) is 40.8 Å². The second kappa shape index (κ2) is 8.35. The topological polar surface area (TPSA) is 76.1 Å². The highest BCUT2D eigenvalue weighted by molar-refractivity contribution is 7.17. The quantitative estimate of drug-likeness (QED) is 0.412. The molecule has 4 rings (SSSR count). The van der Waals surface area contributed by atoms with Crippen LogP contribution in [0.2, 0.25) is 0 Å². The van der Waals surface area contributed by atoms with Crippen LogP contribution in [-0.4, -0.2) is 23.0 Å². The Morgan fingerprint density at radius 2 is 1.71 bits per heavy atom. The van der Waals surface area contributed by atoms with E-state index in [2.05, 4.69) is 41.6 Å². The molecule has 31 heavy (non-hydrogen) atoms. The van der Waals surface area contributed by atoms with E-state index in [1.165, 1.54) is 23.2 Å². The molecule has 0 saturated heterocycles. The number of thiophene rings is 1. The first-order valence-electron chi connectivity index (χ1n) is 9.90. The molecule has 0 fully saturated rings. The summed E-state index contributed by atoms with van der Waals surface area (Å²) in [7, 11) is 1.64. The number of benzene rings is 2. The molecule has 2 aromatic carbocycles. The second-order valence-electron chi connectivity index (χ2n) is 8.19. The molecular formula is C24H24N4O2S. The first kappa shape index (κ1) is 20.8. The summed E-state index contributed by atoms with van der Waals surface area (Å²) in [5.74, 6) is 1.12. The van der Waals surface area contributed by atoms with Crippen molar-refractivity contribution in [1.82, 2.24) is 15.4 Å². The molecule has 7 heteroatoms. The Morgan fingerprint density at radius 3 is 2.35 bits per heavy atom. The number of anilines is 1. The van der Waals surface area contributed by atoms with Gasteiger partial charge in [-0.3, -0.25) is 15.6 Å². The van der Waals surface area contributed by atoms with Crippen molar-refractivity contribution < 1.29 is 9.53 Å². The van der Waals surface area contributed by atoms with Gasteiger partial charge in [0.15, 0.2) is 5.82 Å². The Balaban J connectivity index is 1.57. The summed E-state index contributed by atoms with van der Waals surface area (Å²) < 4.78 is 5.25. The predicted molar refractivity (Wildman–Crippen MR) is 126 cm³/mol. The van der Waals surface area contributed by atoms with Crippen molar-refractivity contribution in [3.63, 3.8) is 0 Å². The van der Waals surface area contributed by atoms with E-state index in [1.807, 2.05) is 53.9 Å². The molecule has 1 amide bonds.